The Morgan fingerprint density at radius 1 is 0.929 bits per heavy atom. The zero-order valence-corrected chi connectivity index (χ0v) is 16.9. The van der Waals surface area contributed by atoms with E-state index in [0.29, 0.717) is 0 Å². The highest BCUT2D eigenvalue weighted by atomic mass is 32.1. The molecule has 6 nitrogen and oxygen atoms in total. The quantitative estimate of drug-likeness (QED) is 0.618. The van der Waals surface area contributed by atoms with Crippen LogP contribution in [0.3, 0.4) is 0 Å². The third-order valence-electron chi connectivity index (χ3n) is 5.13. The molecule has 0 N–H and O–H groups in total. The first-order valence-corrected chi connectivity index (χ1v) is 9.96. The van der Waals surface area contributed by atoms with E-state index in [1.807, 2.05) is 51.7 Å². The molecule has 146 valence electrons. The smallest absolute Gasteiger partial charge is 0.203 e. The average Bonchev–Trinajstić information content (AvgIpc) is 2.95. The molecule has 0 atom stereocenters. The van der Waals surface area contributed by atoms with Gasteiger partial charge in [0.05, 0.1) is 13.8 Å². The normalized spacial score (nSPS) is 15.4. The van der Waals surface area contributed by atoms with Gasteiger partial charge in [-0.15, -0.1) is 0 Å². The Labute approximate surface area is 170 Å². The van der Waals surface area contributed by atoms with E-state index in [-0.39, 0.29) is 0 Å². The molecule has 1 aliphatic heterocycles. The SMILES string of the molecule is COc1ccc(N2CCCN(Cn3ncn(-c4ccccc4)c3=S)CC2)cc1. The van der Waals surface area contributed by atoms with Crippen molar-refractivity contribution in [2.24, 2.45) is 0 Å². The van der Waals surface area contributed by atoms with Gasteiger partial charge in [0.2, 0.25) is 4.77 Å². The second-order valence-electron chi connectivity index (χ2n) is 6.92. The molecule has 0 unspecified atom stereocenters. The van der Waals surface area contributed by atoms with E-state index < -0.39 is 0 Å². The molecular weight excluding hydrogens is 370 g/mol. The van der Waals surface area contributed by atoms with Crippen LogP contribution in [0.1, 0.15) is 6.42 Å². The summed E-state index contributed by atoms with van der Waals surface area (Å²) in [6.07, 6.45) is 2.91. The summed E-state index contributed by atoms with van der Waals surface area (Å²) in [5.41, 5.74) is 2.29. The fourth-order valence-corrected chi connectivity index (χ4v) is 3.81. The van der Waals surface area contributed by atoms with Crippen LogP contribution in [0.25, 0.3) is 5.69 Å². The van der Waals surface area contributed by atoms with Gasteiger partial charge in [-0.2, -0.15) is 5.10 Å². The predicted molar refractivity (Wildman–Crippen MR) is 114 cm³/mol. The molecule has 0 bridgehead atoms. The van der Waals surface area contributed by atoms with Crippen LogP contribution in [0.15, 0.2) is 60.9 Å². The molecule has 1 fully saturated rings. The Balaban J connectivity index is 1.41. The molecule has 0 spiro atoms. The van der Waals surface area contributed by atoms with E-state index in [1.54, 1.807) is 13.4 Å². The molecule has 3 aromatic rings. The van der Waals surface area contributed by atoms with Crippen molar-refractivity contribution in [2.75, 3.05) is 38.2 Å². The highest BCUT2D eigenvalue weighted by Gasteiger charge is 2.16. The number of methoxy groups -OCH3 is 1. The molecule has 1 aliphatic rings. The first-order valence-electron chi connectivity index (χ1n) is 9.56. The second kappa shape index (κ2) is 8.58. The lowest BCUT2D eigenvalue weighted by Crippen LogP contribution is -2.32. The lowest BCUT2D eigenvalue weighted by molar-refractivity contribution is 0.219. The van der Waals surface area contributed by atoms with Crippen LogP contribution < -0.4 is 9.64 Å². The first kappa shape index (κ1) is 18.7. The van der Waals surface area contributed by atoms with Gasteiger partial charge in [0.15, 0.2) is 0 Å². The molecule has 1 saturated heterocycles. The monoisotopic (exact) mass is 395 g/mol. The standard InChI is InChI=1S/C21H25N5OS/c1-27-20-10-8-18(9-11-20)24-13-5-12-23(14-15-24)17-26-21(28)25(16-22-26)19-6-3-2-4-7-19/h2-4,6-11,16H,5,12-15,17H2,1H3. The fraction of sp³-hybridized carbons (Fsp3) is 0.333. The molecular formula is C21H25N5OS. The minimum atomic E-state index is 0.717. The van der Waals surface area contributed by atoms with Crippen molar-refractivity contribution in [1.29, 1.82) is 0 Å². The maximum absolute atomic E-state index is 5.65. The van der Waals surface area contributed by atoms with Gasteiger partial charge in [0.25, 0.3) is 0 Å². The Bertz CT molecular complexity index is 951. The number of rotatable bonds is 5. The van der Waals surface area contributed by atoms with Crippen LogP contribution in [0.2, 0.25) is 0 Å². The van der Waals surface area contributed by atoms with Gasteiger partial charge in [0, 0.05) is 37.6 Å². The van der Waals surface area contributed by atoms with Crippen LogP contribution in [0, 0.1) is 4.77 Å². The van der Waals surface area contributed by atoms with Crippen molar-refractivity contribution in [3.63, 3.8) is 0 Å². The van der Waals surface area contributed by atoms with Crippen LogP contribution in [0.5, 0.6) is 5.75 Å². The first-order chi connectivity index (χ1) is 13.7. The third-order valence-corrected chi connectivity index (χ3v) is 5.54. The van der Waals surface area contributed by atoms with Crippen molar-refractivity contribution in [3.8, 4) is 11.4 Å². The molecule has 28 heavy (non-hydrogen) atoms. The number of para-hydroxylation sites is 1. The summed E-state index contributed by atoms with van der Waals surface area (Å²) in [6.45, 7) is 4.76. The van der Waals surface area contributed by atoms with Gasteiger partial charge in [0.1, 0.15) is 12.1 Å². The van der Waals surface area contributed by atoms with Crippen molar-refractivity contribution in [3.05, 3.63) is 65.7 Å². The van der Waals surface area contributed by atoms with E-state index in [9.17, 15) is 0 Å². The number of ether oxygens (including phenoxy) is 1. The van der Waals surface area contributed by atoms with E-state index >= 15 is 0 Å². The summed E-state index contributed by atoms with van der Waals surface area (Å²) in [7, 11) is 1.70. The zero-order chi connectivity index (χ0) is 19.3. The van der Waals surface area contributed by atoms with Gasteiger partial charge in [-0.05, 0) is 55.0 Å². The molecule has 4 rings (SSSR count). The number of aromatic nitrogens is 3. The average molecular weight is 396 g/mol. The van der Waals surface area contributed by atoms with Crippen molar-refractivity contribution in [2.45, 2.75) is 13.1 Å². The van der Waals surface area contributed by atoms with Crippen LogP contribution in [0.4, 0.5) is 5.69 Å². The molecule has 0 saturated carbocycles. The summed E-state index contributed by atoms with van der Waals surface area (Å²) in [5, 5.41) is 4.52. The minimum Gasteiger partial charge on any atom is -0.497 e. The molecule has 0 radical (unpaired) electrons. The van der Waals surface area contributed by atoms with E-state index in [0.717, 1.165) is 55.5 Å². The summed E-state index contributed by atoms with van der Waals surface area (Å²) in [6, 6.07) is 18.4. The van der Waals surface area contributed by atoms with Gasteiger partial charge < -0.3 is 9.64 Å². The van der Waals surface area contributed by atoms with Crippen LogP contribution >= 0.6 is 12.2 Å². The van der Waals surface area contributed by atoms with Crippen molar-refractivity contribution in [1.82, 2.24) is 19.2 Å². The van der Waals surface area contributed by atoms with Gasteiger partial charge in [-0.1, -0.05) is 18.2 Å². The maximum atomic E-state index is 5.65. The second-order valence-corrected chi connectivity index (χ2v) is 7.28. The Morgan fingerprint density at radius 2 is 1.71 bits per heavy atom. The van der Waals surface area contributed by atoms with E-state index in [4.69, 9.17) is 17.0 Å². The predicted octanol–water partition coefficient (Wildman–Crippen LogP) is 3.58. The summed E-state index contributed by atoms with van der Waals surface area (Å²) < 4.78 is 9.85. The minimum absolute atomic E-state index is 0.717. The molecule has 7 heteroatoms. The molecule has 0 aliphatic carbocycles. The van der Waals surface area contributed by atoms with Crippen LogP contribution in [-0.4, -0.2) is 52.5 Å². The molecule has 2 heterocycles. The highest BCUT2D eigenvalue weighted by molar-refractivity contribution is 7.71. The number of anilines is 1. The summed E-state index contributed by atoms with van der Waals surface area (Å²) in [5.74, 6) is 0.892. The van der Waals surface area contributed by atoms with Gasteiger partial charge in [-0.3, -0.25) is 9.47 Å². The third kappa shape index (κ3) is 4.10. The topological polar surface area (TPSA) is 38.5 Å². The van der Waals surface area contributed by atoms with Gasteiger partial charge >= 0.3 is 0 Å². The number of hydrogen-bond donors (Lipinski definition) is 0. The Morgan fingerprint density at radius 3 is 2.46 bits per heavy atom. The maximum Gasteiger partial charge on any atom is 0.203 e. The number of nitrogens with zero attached hydrogens (tertiary/aromatic N) is 5. The van der Waals surface area contributed by atoms with Crippen molar-refractivity contribution < 1.29 is 4.74 Å². The van der Waals surface area contributed by atoms with Crippen molar-refractivity contribution >= 4 is 17.9 Å². The van der Waals surface area contributed by atoms with E-state index in [1.165, 1.54) is 5.69 Å². The fourth-order valence-electron chi connectivity index (χ4n) is 3.55. The summed E-state index contributed by atoms with van der Waals surface area (Å²) in [4.78, 5) is 4.85. The lowest BCUT2D eigenvalue weighted by Gasteiger charge is -2.23. The summed E-state index contributed by atoms with van der Waals surface area (Å²) >= 11 is 5.65. The lowest BCUT2D eigenvalue weighted by atomic mass is 10.2. The molecule has 2 aromatic carbocycles. The number of hydrogen-bond acceptors (Lipinski definition) is 5. The van der Waals surface area contributed by atoms with Gasteiger partial charge in [-0.25, -0.2) is 4.68 Å². The largest absolute Gasteiger partial charge is 0.497 e. The highest BCUT2D eigenvalue weighted by Crippen LogP contribution is 2.20. The number of benzene rings is 2. The zero-order valence-electron chi connectivity index (χ0n) is 16.1. The Hall–Kier alpha value is -2.64. The molecule has 0 amide bonds. The van der Waals surface area contributed by atoms with Crippen LogP contribution in [-0.2, 0) is 6.67 Å². The van der Waals surface area contributed by atoms with E-state index in [2.05, 4.69) is 27.0 Å². The Kier molecular flexibility index (Phi) is 5.73. The molecule has 1 aromatic heterocycles.